The van der Waals surface area contributed by atoms with Crippen LogP contribution in [0.5, 0.6) is 0 Å². The number of Topliss-reactive ketones (excluding diaryl/α,β-unsaturated/α-hetero) is 1. The van der Waals surface area contributed by atoms with Gasteiger partial charge in [0, 0.05) is 0 Å². The third-order valence-corrected chi connectivity index (χ3v) is 2.09. The molecule has 2 rings (SSSR count). The van der Waals surface area contributed by atoms with Gasteiger partial charge in [-0.1, -0.05) is 0 Å². The number of hydrogen-bond acceptors (Lipinski definition) is 5. The Morgan fingerprint density at radius 1 is 1.46 bits per heavy atom. The summed E-state index contributed by atoms with van der Waals surface area (Å²) in [5.41, 5.74) is 0. The highest BCUT2D eigenvalue weighted by atomic mass is 16.1. The average molecular weight is 178 g/mol. The third kappa shape index (κ3) is 1.70. The van der Waals surface area contributed by atoms with Crippen molar-refractivity contribution in [2.45, 2.75) is 18.9 Å². The number of nitrogens with one attached hydrogen (secondary N) is 1. The molecule has 1 aliphatic rings. The minimum atomic E-state index is -0.0950. The van der Waals surface area contributed by atoms with Crippen LogP contribution in [0.3, 0.4) is 0 Å². The predicted octanol–water partition coefficient (Wildman–Crippen LogP) is -0.194. The maximum Gasteiger partial charge on any atom is 0.216 e. The molecule has 0 saturated carbocycles. The molecule has 0 aliphatic carbocycles. The van der Waals surface area contributed by atoms with Crippen molar-refractivity contribution in [1.82, 2.24) is 20.3 Å². The number of nitrogens with zero attached hydrogens (tertiary/aromatic N) is 3. The van der Waals surface area contributed by atoms with E-state index in [-0.39, 0.29) is 17.6 Å². The van der Waals surface area contributed by atoms with E-state index in [1.54, 1.807) is 0 Å². The lowest BCUT2D eigenvalue weighted by Gasteiger charge is -2.05. The number of rotatable bonds is 2. The van der Waals surface area contributed by atoms with Crippen LogP contribution in [0.25, 0.3) is 0 Å². The van der Waals surface area contributed by atoms with Gasteiger partial charge in [-0.15, -0.1) is 0 Å². The molecule has 1 aliphatic heterocycles. The van der Waals surface area contributed by atoms with Crippen molar-refractivity contribution in [3.05, 3.63) is 18.5 Å². The molecular formula is C8H10N4O. The first-order valence-corrected chi connectivity index (χ1v) is 4.27. The van der Waals surface area contributed by atoms with E-state index in [9.17, 15) is 4.79 Å². The number of aromatic nitrogens is 3. The van der Waals surface area contributed by atoms with Gasteiger partial charge in [0.05, 0.1) is 6.04 Å². The second-order valence-electron chi connectivity index (χ2n) is 2.98. The van der Waals surface area contributed by atoms with Crippen molar-refractivity contribution in [3.8, 4) is 0 Å². The fourth-order valence-electron chi connectivity index (χ4n) is 1.43. The van der Waals surface area contributed by atoms with Crippen LogP contribution in [-0.2, 0) is 0 Å². The lowest BCUT2D eigenvalue weighted by molar-refractivity contribution is 0.0941. The molecule has 13 heavy (non-hydrogen) atoms. The maximum absolute atomic E-state index is 11.6. The Morgan fingerprint density at radius 3 is 2.85 bits per heavy atom. The summed E-state index contributed by atoms with van der Waals surface area (Å²) >= 11 is 0. The molecule has 0 spiro atoms. The summed E-state index contributed by atoms with van der Waals surface area (Å²) in [4.78, 5) is 22.9. The van der Waals surface area contributed by atoms with Crippen molar-refractivity contribution >= 4 is 5.78 Å². The van der Waals surface area contributed by atoms with Crippen LogP contribution in [-0.4, -0.2) is 33.3 Å². The fourth-order valence-corrected chi connectivity index (χ4v) is 1.43. The molecule has 1 aromatic heterocycles. The Kier molecular flexibility index (Phi) is 2.27. The zero-order valence-electron chi connectivity index (χ0n) is 7.10. The first kappa shape index (κ1) is 8.25. The monoisotopic (exact) mass is 178 g/mol. The smallest absolute Gasteiger partial charge is 0.216 e. The van der Waals surface area contributed by atoms with Crippen LogP contribution in [0, 0.1) is 0 Å². The largest absolute Gasteiger partial charge is 0.307 e. The Bertz CT molecular complexity index is 294. The minimum absolute atomic E-state index is 0.0279. The van der Waals surface area contributed by atoms with Gasteiger partial charge in [-0.05, 0) is 19.4 Å². The van der Waals surface area contributed by atoms with Crippen LogP contribution in [0.4, 0.5) is 0 Å². The first-order chi connectivity index (χ1) is 6.38. The highest BCUT2D eigenvalue weighted by Gasteiger charge is 2.24. The van der Waals surface area contributed by atoms with E-state index in [0.29, 0.717) is 0 Å². The maximum atomic E-state index is 11.6. The Hall–Kier alpha value is -1.36. The molecule has 0 bridgehead atoms. The standard InChI is InChI=1S/C8H10N4O/c13-7(6-2-1-3-10-6)8-11-4-9-5-12-8/h4-6,10H,1-3H2/t6-/m0/s1. The summed E-state index contributed by atoms with van der Waals surface area (Å²) in [6.45, 7) is 0.904. The van der Waals surface area contributed by atoms with Gasteiger partial charge >= 0.3 is 0 Å². The predicted molar refractivity (Wildman–Crippen MR) is 45.2 cm³/mol. The molecule has 1 atom stereocenters. The van der Waals surface area contributed by atoms with Gasteiger partial charge in [-0.3, -0.25) is 4.79 Å². The fraction of sp³-hybridized carbons (Fsp3) is 0.500. The van der Waals surface area contributed by atoms with Crippen molar-refractivity contribution in [2.24, 2.45) is 0 Å². The molecule has 2 heterocycles. The summed E-state index contributed by atoms with van der Waals surface area (Å²) in [5.74, 6) is 0.231. The van der Waals surface area contributed by atoms with Crippen LogP contribution in [0.1, 0.15) is 23.5 Å². The van der Waals surface area contributed by atoms with E-state index < -0.39 is 0 Å². The molecule has 1 N–H and O–H groups in total. The van der Waals surface area contributed by atoms with Crippen molar-refractivity contribution < 1.29 is 4.79 Å². The summed E-state index contributed by atoms with van der Waals surface area (Å²) in [5, 5.41) is 3.10. The molecule has 1 aromatic rings. The number of ketones is 1. The normalized spacial score (nSPS) is 21.7. The quantitative estimate of drug-likeness (QED) is 0.635. The zero-order valence-corrected chi connectivity index (χ0v) is 7.10. The van der Waals surface area contributed by atoms with E-state index >= 15 is 0 Å². The van der Waals surface area contributed by atoms with Crippen LogP contribution in [0.15, 0.2) is 12.7 Å². The topological polar surface area (TPSA) is 67.8 Å². The van der Waals surface area contributed by atoms with Gasteiger partial charge in [0.1, 0.15) is 12.7 Å². The van der Waals surface area contributed by atoms with E-state index in [2.05, 4.69) is 20.3 Å². The molecule has 0 amide bonds. The lowest BCUT2D eigenvalue weighted by atomic mass is 10.1. The van der Waals surface area contributed by atoms with Crippen molar-refractivity contribution in [2.75, 3.05) is 6.54 Å². The summed E-state index contributed by atoms with van der Waals surface area (Å²) in [7, 11) is 0. The van der Waals surface area contributed by atoms with Gasteiger partial charge < -0.3 is 5.32 Å². The molecule has 1 saturated heterocycles. The molecule has 5 nitrogen and oxygen atoms in total. The number of carbonyl (C=O) groups is 1. The Morgan fingerprint density at radius 2 is 2.23 bits per heavy atom. The average Bonchev–Trinajstić information content (AvgIpc) is 2.71. The second-order valence-corrected chi connectivity index (χ2v) is 2.98. The summed E-state index contributed by atoms with van der Waals surface area (Å²) in [6.07, 6.45) is 4.61. The molecular weight excluding hydrogens is 168 g/mol. The van der Waals surface area contributed by atoms with Gasteiger partial charge in [0.2, 0.25) is 11.6 Å². The molecule has 1 fully saturated rings. The van der Waals surface area contributed by atoms with E-state index in [0.717, 1.165) is 19.4 Å². The summed E-state index contributed by atoms with van der Waals surface area (Å²) < 4.78 is 0. The zero-order chi connectivity index (χ0) is 9.10. The van der Waals surface area contributed by atoms with Gasteiger partial charge in [-0.2, -0.15) is 0 Å². The van der Waals surface area contributed by atoms with Crippen LogP contribution >= 0.6 is 0 Å². The molecule has 5 heteroatoms. The highest BCUT2D eigenvalue weighted by Crippen LogP contribution is 2.08. The van der Waals surface area contributed by atoms with Crippen molar-refractivity contribution in [3.63, 3.8) is 0 Å². The molecule has 0 unspecified atom stereocenters. The number of carbonyl (C=O) groups excluding carboxylic acids is 1. The van der Waals surface area contributed by atoms with Crippen LogP contribution < -0.4 is 5.32 Å². The lowest BCUT2D eigenvalue weighted by Crippen LogP contribution is -2.31. The Labute approximate surface area is 75.6 Å². The number of hydrogen-bond donors (Lipinski definition) is 1. The van der Waals surface area contributed by atoms with Crippen molar-refractivity contribution in [1.29, 1.82) is 0 Å². The summed E-state index contributed by atoms with van der Waals surface area (Å²) in [6, 6.07) is -0.0950. The first-order valence-electron chi connectivity index (χ1n) is 4.27. The molecule has 0 aromatic carbocycles. The van der Waals surface area contributed by atoms with Crippen LogP contribution in [0.2, 0.25) is 0 Å². The van der Waals surface area contributed by atoms with E-state index in [4.69, 9.17) is 0 Å². The molecule has 0 radical (unpaired) electrons. The van der Waals surface area contributed by atoms with Gasteiger partial charge in [-0.25, -0.2) is 15.0 Å². The van der Waals surface area contributed by atoms with Gasteiger partial charge in [0.25, 0.3) is 0 Å². The molecule has 68 valence electrons. The highest BCUT2D eigenvalue weighted by molar-refractivity contribution is 5.96. The van der Waals surface area contributed by atoms with E-state index in [1.807, 2.05) is 0 Å². The third-order valence-electron chi connectivity index (χ3n) is 2.09. The Balaban J connectivity index is 2.13. The second kappa shape index (κ2) is 3.57. The van der Waals surface area contributed by atoms with Gasteiger partial charge in [0.15, 0.2) is 0 Å². The minimum Gasteiger partial charge on any atom is -0.307 e. The SMILES string of the molecule is O=C(c1ncncn1)[C@@H]1CCCN1. The van der Waals surface area contributed by atoms with E-state index in [1.165, 1.54) is 12.7 Å².